The van der Waals surface area contributed by atoms with Crippen LogP contribution in [0.25, 0.3) is 0 Å². The predicted octanol–water partition coefficient (Wildman–Crippen LogP) is 17.8. The van der Waals surface area contributed by atoms with Gasteiger partial charge in [-0.25, -0.2) is 0 Å². The summed E-state index contributed by atoms with van der Waals surface area (Å²) < 4.78 is 34.8. The predicted molar refractivity (Wildman–Crippen MR) is 304 cm³/mol. The molecular formula is C63H122O9. The summed E-state index contributed by atoms with van der Waals surface area (Å²) >= 11 is 0. The summed E-state index contributed by atoms with van der Waals surface area (Å²) in [6, 6.07) is 0. The highest BCUT2D eigenvalue weighted by atomic mass is 16.6. The van der Waals surface area contributed by atoms with Gasteiger partial charge in [-0.2, -0.15) is 0 Å². The van der Waals surface area contributed by atoms with Gasteiger partial charge in [0.2, 0.25) is 0 Å². The molecule has 428 valence electrons. The maximum Gasteiger partial charge on any atom is 0.158 e. The number of carbonyl (C=O) groups excluding carboxylic acids is 3. The van der Waals surface area contributed by atoms with Crippen LogP contribution in [-0.4, -0.2) is 96.1 Å². The molecule has 0 rings (SSSR count). The largest absolute Gasteiger partial charge is 0.381 e. The monoisotopic (exact) mass is 1020 g/mol. The first-order chi connectivity index (χ1) is 35.3. The molecule has 0 aromatic rings. The summed E-state index contributed by atoms with van der Waals surface area (Å²) in [5.41, 5.74) is 0. The normalized spacial score (nSPS) is 13.4. The van der Waals surface area contributed by atoms with Gasteiger partial charge in [-0.1, -0.05) is 233 Å². The van der Waals surface area contributed by atoms with Gasteiger partial charge in [-0.15, -0.1) is 0 Å². The van der Waals surface area contributed by atoms with Crippen molar-refractivity contribution in [2.24, 2.45) is 0 Å². The Labute approximate surface area is 447 Å². The second-order valence-corrected chi connectivity index (χ2v) is 21.8. The van der Waals surface area contributed by atoms with Gasteiger partial charge in [0.25, 0.3) is 0 Å². The van der Waals surface area contributed by atoms with Crippen LogP contribution in [0.5, 0.6) is 0 Å². The molecule has 3 atom stereocenters. The van der Waals surface area contributed by atoms with Crippen LogP contribution >= 0.6 is 0 Å². The van der Waals surface area contributed by atoms with Crippen LogP contribution in [0.1, 0.15) is 310 Å². The molecule has 9 heteroatoms. The molecule has 0 amide bonds. The molecule has 3 unspecified atom stereocenters. The lowest BCUT2D eigenvalue weighted by atomic mass is 10.0. The molecule has 0 aliphatic heterocycles. The number of ether oxygens (including phenoxy) is 6. The molecule has 0 N–H and O–H groups in total. The van der Waals surface area contributed by atoms with Crippen LogP contribution in [0.2, 0.25) is 0 Å². The standard InChI is InChI=1S/C63H122O9/c1-7-10-13-37-46-60(67-4)49-40-31-25-19-16-22-28-34-43-57(64)52-70-55-63(72-54-59(66)45-36-30-24-18-21-27-33-42-51-62(69-6)48-39-15-12-9-3)56-71-53-58(65)44-35-29-23-17-20-26-32-41-50-61(68-5)47-38-14-11-8-2/h60-63H,7-56H2,1-6H3. The molecule has 0 aromatic carbocycles. The van der Waals surface area contributed by atoms with Crippen LogP contribution in [0.3, 0.4) is 0 Å². The van der Waals surface area contributed by atoms with E-state index in [4.69, 9.17) is 28.4 Å². The topological polar surface area (TPSA) is 107 Å². The zero-order chi connectivity index (χ0) is 52.6. The summed E-state index contributed by atoms with van der Waals surface area (Å²) in [6.07, 6.45) is 53.2. The van der Waals surface area contributed by atoms with Crippen molar-refractivity contribution in [3.63, 3.8) is 0 Å². The Kier molecular flexibility index (Phi) is 56.5. The minimum Gasteiger partial charge on any atom is -0.381 e. The Morgan fingerprint density at radius 3 is 0.750 bits per heavy atom. The summed E-state index contributed by atoms with van der Waals surface area (Å²) in [5, 5.41) is 0. The van der Waals surface area contributed by atoms with Crippen LogP contribution in [0.15, 0.2) is 0 Å². The van der Waals surface area contributed by atoms with Gasteiger partial charge in [-0.05, 0) is 57.8 Å². The second-order valence-electron chi connectivity index (χ2n) is 21.8. The average molecular weight is 1020 g/mol. The lowest BCUT2D eigenvalue weighted by Gasteiger charge is -2.18. The van der Waals surface area contributed by atoms with E-state index < -0.39 is 6.10 Å². The summed E-state index contributed by atoms with van der Waals surface area (Å²) in [4.78, 5) is 38.3. The fourth-order valence-corrected chi connectivity index (χ4v) is 9.98. The molecule has 0 saturated carbocycles. The molecule has 0 aromatic heterocycles. The average Bonchev–Trinajstić information content (AvgIpc) is 3.38. The van der Waals surface area contributed by atoms with Crippen molar-refractivity contribution < 1.29 is 42.8 Å². The third-order valence-electron chi connectivity index (χ3n) is 14.9. The van der Waals surface area contributed by atoms with Crippen molar-refractivity contribution in [1.82, 2.24) is 0 Å². The van der Waals surface area contributed by atoms with Gasteiger partial charge in [0.05, 0.1) is 31.5 Å². The first-order valence-electron chi connectivity index (χ1n) is 31.2. The number of unbranched alkanes of at least 4 members (excludes halogenated alkanes) is 30. The molecule has 0 saturated heterocycles. The van der Waals surface area contributed by atoms with Gasteiger partial charge >= 0.3 is 0 Å². The van der Waals surface area contributed by atoms with Crippen LogP contribution < -0.4 is 0 Å². The Hall–Kier alpha value is -1.23. The molecule has 72 heavy (non-hydrogen) atoms. The number of hydrogen-bond acceptors (Lipinski definition) is 9. The SMILES string of the molecule is CCCCCCC(CCCCCCCCCCC(=O)COCC(COCC(=O)CCCCCCCCCCC(CCCCCC)OC)OCC(=O)CCCCCCCCCCC(CCCCCC)OC)OC. The third-order valence-corrected chi connectivity index (χ3v) is 14.9. The van der Waals surface area contributed by atoms with Gasteiger partial charge < -0.3 is 28.4 Å². The molecule has 0 heterocycles. The van der Waals surface area contributed by atoms with Gasteiger partial charge in [-0.3, -0.25) is 14.4 Å². The number of ketones is 3. The quantitative estimate of drug-likeness (QED) is 0.0551. The van der Waals surface area contributed by atoms with E-state index >= 15 is 0 Å². The van der Waals surface area contributed by atoms with Crippen molar-refractivity contribution in [1.29, 1.82) is 0 Å². The Morgan fingerprint density at radius 2 is 0.500 bits per heavy atom. The van der Waals surface area contributed by atoms with Crippen LogP contribution in [0.4, 0.5) is 0 Å². The highest BCUT2D eigenvalue weighted by molar-refractivity contribution is 5.80. The van der Waals surface area contributed by atoms with E-state index in [1.807, 2.05) is 21.3 Å². The molecule has 0 radical (unpaired) electrons. The molecular weight excluding hydrogens is 901 g/mol. The maximum atomic E-state index is 12.8. The Balaban J connectivity index is 4.46. The number of rotatable bonds is 62. The smallest absolute Gasteiger partial charge is 0.158 e. The highest BCUT2D eigenvalue weighted by Gasteiger charge is 2.16. The van der Waals surface area contributed by atoms with Crippen molar-refractivity contribution in [2.75, 3.05) is 54.4 Å². The Morgan fingerprint density at radius 1 is 0.278 bits per heavy atom. The summed E-state index contributed by atoms with van der Waals surface area (Å²) in [6.45, 7) is 7.17. The van der Waals surface area contributed by atoms with E-state index in [2.05, 4.69) is 20.8 Å². The molecule has 0 aliphatic carbocycles. The number of Topliss-reactive ketones (excluding diaryl/α,β-unsaturated/α-hetero) is 3. The van der Waals surface area contributed by atoms with E-state index in [0.29, 0.717) is 37.6 Å². The summed E-state index contributed by atoms with van der Waals surface area (Å²) in [5.74, 6) is 0.273. The fourth-order valence-electron chi connectivity index (χ4n) is 9.98. The first kappa shape index (κ1) is 70.8. The second kappa shape index (κ2) is 57.5. The molecule has 0 aliphatic rings. The number of methoxy groups -OCH3 is 3. The zero-order valence-electron chi connectivity index (χ0n) is 48.8. The van der Waals surface area contributed by atoms with Crippen molar-refractivity contribution in [3.05, 3.63) is 0 Å². The molecule has 0 fully saturated rings. The lowest BCUT2D eigenvalue weighted by Crippen LogP contribution is -2.30. The van der Waals surface area contributed by atoms with Gasteiger partial charge in [0, 0.05) is 40.6 Å². The van der Waals surface area contributed by atoms with Gasteiger partial charge in [0.1, 0.15) is 25.9 Å². The number of hydrogen-bond donors (Lipinski definition) is 0. The maximum absolute atomic E-state index is 12.8. The van der Waals surface area contributed by atoms with E-state index in [0.717, 1.165) is 57.8 Å². The van der Waals surface area contributed by atoms with E-state index in [-0.39, 0.29) is 50.4 Å². The van der Waals surface area contributed by atoms with Crippen LogP contribution in [0, 0.1) is 0 Å². The zero-order valence-corrected chi connectivity index (χ0v) is 48.8. The minimum absolute atomic E-state index is 0.0000498. The van der Waals surface area contributed by atoms with Crippen molar-refractivity contribution >= 4 is 17.3 Å². The third kappa shape index (κ3) is 50.9. The minimum atomic E-state index is -0.507. The fraction of sp³-hybridized carbons (Fsp3) is 0.952. The van der Waals surface area contributed by atoms with Gasteiger partial charge in [0.15, 0.2) is 17.3 Å². The Bertz CT molecular complexity index is 1070. The summed E-state index contributed by atoms with van der Waals surface area (Å²) in [7, 11) is 5.58. The number of carbonyl (C=O) groups is 3. The van der Waals surface area contributed by atoms with E-state index in [9.17, 15) is 14.4 Å². The lowest BCUT2D eigenvalue weighted by molar-refractivity contribution is -0.135. The van der Waals surface area contributed by atoms with E-state index in [1.54, 1.807) is 0 Å². The molecule has 0 bridgehead atoms. The van der Waals surface area contributed by atoms with Crippen LogP contribution in [-0.2, 0) is 42.8 Å². The molecule has 9 nitrogen and oxygen atoms in total. The first-order valence-corrected chi connectivity index (χ1v) is 31.2. The highest BCUT2D eigenvalue weighted by Crippen LogP contribution is 2.20. The molecule has 0 spiro atoms. The van der Waals surface area contributed by atoms with E-state index in [1.165, 1.54) is 212 Å². The van der Waals surface area contributed by atoms with Crippen molar-refractivity contribution in [3.8, 4) is 0 Å². The van der Waals surface area contributed by atoms with Crippen molar-refractivity contribution in [2.45, 2.75) is 334 Å².